The third-order valence-corrected chi connectivity index (χ3v) is 4.22. The summed E-state index contributed by atoms with van der Waals surface area (Å²) in [5, 5.41) is 9.44. The van der Waals surface area contributed by atoms with Crippen molar-refractivity contribution >= 4 is 21.8 Å². The van der Waals surface area contributed by atoms with E-state index >= 15 is 0 Å². The number of nitrogens with zero attached hydrogens (tertiary/aromatic N) is 1. The second-order valence-corrected chi connectivity index (χ2v) is 5.77. The highest BCUT2D eigenvalue weighted by Crippen LogP contribution is 2.29. The Hall–Kier alpha value is -1.07. The number of aliphatic hydroxyl groups excluding tert-OH is 1. The number of carbonyl (C=O) groups excluding carboxylic acids is 1. The van der Waals surface area contributed by atoms with E-state index in [2.05, 4.69) is 22.9 Å². The number of aliphatic hydroxyl groups is 1. The van der Waals surface area contributed by atoms with Crippen molar-refractivity contribution < 1.29 is 14.6 Å². The third-order valence-electron chi connectivity index (χ3n) is 3.72. The van der Waals surface area contributed by atoms with Gasteiger partial charge in [0.25, 0.3) is 5.91 Å². The van der Waals surface area contributed by atoms with E-state index in [1.165, 1.54) is 0 Å². The van der Waals surface area contributed by atoms with Gasteiger partial charge in [-0.1, -0.05) is 22.9 Å². The number of benzene rings is 1. The van der Waals surface area contributed by atoms with Crippen molar-refractivity contribution in [3.05, 3.63) is 28.2 Å². The molecule has 0 aromatic heterocycles. The minimum Gasteiger partial charge on any atom is -0.496 e. The van der Waals surface area contributed by atoms with Gasteiger partial charge in [0, 0.05) is 11.0 Å². The van der Waals surface area contributed by atoms with Crippen LogP contribution in [0.2, 0.25) is 0 Å². The lowest BCUT2D eigenvalue weighted by Crippen LogP contribution is -2.39. The Morgan fingerprint density at radius 1 is 1.58 bits per heavy atom. The lowest BCUT2D eigenvalue weighted by molar-refractivity contribution is 0.0645. The molecule has 0 radical (unpaired) electrons. The van der Waals surface area contributed by atoms with Gasteiger partial charge < -0.3 is 14.7 Å². The second kappa shape index (κ2) is 5.92. The summed E-state index contributed by atoms with van der Waals surface area (Å²) in [5.74, 6) is 0.804. The summed E-state index contributed by atoms with van der Waals surface area (Å²) in [5.41, 5.74) is 0.540. The largest absolute Gasteiger partial charge is 0.496 e. The zero-order valence-electron chi connectivity index (χ0n) is 11.1. The number of likely N-dealkylation sites (tertiary alicyclic amines) is 1. The highest BCUT2D eigenvalue weighted by molar-refractivity contribution is 9.10. The predicted molar refractivity (Wildman–Crippen MR) is 76.4 cm³/mol. The molecule has 2 rings (SSSR count). The maximum atomic E-state index is 12.6. The Morgan fingerprint density at radius 2 is 2.32 bits per heavy atom. The van der Waals surface area contributed by atoms with Crippen LogP contribution in [0.5, 0.6) is 5.75 Å². The van der Waals surface area contributed by atoms with Gasteiger partial charge in [0.1, 0.15) is 5.75 Å². The molecule has 4 nitrogen and oxygen atoms in total. The molecule has 1 amide bonds. The summed E-state index contributed by atoms with van der Waals surface area (Å²) >= 11 is 3.36. The van der Waals surface area contributed by atoms with Crippen LogP contribution in [0.4, 0.5) is 0 Å². The molecule has 0 saturated carbocycles. The van der Waals surface area contributed by atoms with Gasteiger partial charge in [-0.15, -0.1) is 0 Å². The van der Waals surface area contributed by atoms with E-state index in [4.69, 9.17) is 4.74 Å². The Bertz CT molecular complexity index is 478. The second-order valence-electron chi connectivity index (χ2n) is 4.86. The van der Waals surface area contributed by atoms with Crippen molar-refractivity contribution in [1.82, 2.24) is 4.90 Å². The molecule has 0 bridgehead atoms. The molecule has 1 saturated heterocycles. The van der Waals surface area contributed by atoms with Crippen molar-refractivity contribution in [2.24, 2.45) is 5.92 Å². The fraction of sp³-hybridized carbons (Fsp3) is 0.500. The van der Waals surface area contributed by atoms with Gasteiger partial charge in [-0.25, -0.2) is 0 Å². The molecule has 1 aliphatic heterocycles. The molecule has 1 aliphatic rings. The van der Waals surface area contributed by atoms with Crippen LogP contribution in [-0.4, -0.2) is 42.2 Å². The molecule has 104 valence electrons. The molecule has 2 atom stereocenters. The van der Waals surface area contributed by atoms with E-state index in [0.29, 0.717) is 23.8 Å². The van der Waals surface area contributed by atoms with E-state index in [0.717, 1.165) is 10.9 Å². The molecular weight excluding hydrogens is 310 g/mol. The van der Waals surface area contributed by atoms with Crippen molar-refractivity contribution in [2.45, 2.75) is 19.4 Å². The Kier molecular flexibility index (Phi) is 4.47. The van der Waals surface area contributed by atoms with Gasteiger partial charge in [-0.05, 0) is 30.5 Å². The molecule has 1 fully saturated rings. The van der Waals surface area contributed by atoms with Gasteiger partial charge in [0.05, 0.1) is 25.3 Å². The number of hydrogen-bond donors (Lipinski definition) is 1. The summed E-state index contributed by atoms with van der Waals surface area (Å²) in [4.78, 5) is 14.3. The summed E-state index contributed by atoms with van der Waals surface area (Å²) in [6.45, 7) is 2.75. The molecule has 1 N–H and O–H groups in total. The Balaban J connectivity index is 2.29. The fourth-order valence-corrected chi connectivity index (χ4v) is 2.88. The van der Waals surface area contributed by atoms with Crippen LogP contribution in [0.15, 0.2) is 22.7 Å². The summed E-state index contributed by atoms with van der Waals surface area (Å²) in [6.07, 6.45) is 0.926. The topological polar surface area (TPSA) is 49.8 Å². The maximum absolute atomic E-state index is 12.6. The quantitative estimate of drug-likeness (QED) is 0.926. The van der Waals surface area contributed by atoms with Crippen LogP contribution in [0.25, 0.3) is 0 Å². The normalized spacial score (nSPS) is 22.6. The van der Waals surface area contributed by atoms with Crippen LogP contribution in [0, 0.1) is 5.92 Å². The van der Waals surface area contributed by atoms with Crippen LogP contribution < -0.4 is 4.74 Å². The Morgan fingerprint density at radius 3 is 2.95 bits per heavy atom. The van der Waals surface area contributed by atoms with Gasteiger partial charge in [-0.3, -0.25) is 4.79 Å². The standard InChI is InChI=1S/C14H18BrNO3/c1-9-5-6-16(12(9)8-17)14(18)11-4-3-10(15)7-13(11)19-2/h3-4,7,9,12,17H,5-6,8H2,1-2H3. The van der Waals surface area contributed by atoms with Crippen molar-refractivity contribution in [2.75, 3.05) is 20.3 Å². The molecule has 1 aromatic carbocycles. The van der Waals surface area contributed by atoms with Gasteiger partial charge in [0.15, 0.2) is 0 Å². The third kappa shape index (κ3) is 2.77. The summed E-state index contributed by atoms with van der Waals surface area (Å²) in [7, 11) is 1.55. The maximum Gasteiger partial charge on any atom is 0.257 e. The van der Waals surface area contributed by atoms with E-state index < -0.39 is 0 Å². The first-order valence-corrected chi connectivity index (χ1v) is 7.13. The van der Waals surface area contributed by atoms with Crippen molar-refractivity contribution in [1.29, 1.82) is 0 Å². The monoisotopic (exact) mass is 327 g/mol. The summed E-state index contributed by atoms with van der Waals surface area (Å²) < 4.78 is 6.13. The lowest BCUT2D eigenvalue weighted by Gasteiger charge is -2.26. The molecule has 19 heavy (non-hydrogen) atoms. The molecule has 1 aromatic rings. The van der Waals surface area contributed by atoms with Gasteiger partial charge in [0.2, 0.25) is 0 Å². The predicted octanol–water partition coefficient (Wildman–Crippen LogP) is 2.30. The molecular formula is C14H18BrNO3. The number of ether oxygens (including phenoxy) is 1. The first kappa shape index (κ1) is 14.3. The molecule has 1 heterocycles. The molecule has 5 heteroatoms. The Labute approximate surface area is 121 Å². The van der Waals surface area contributed by atoms with Crippen LogP contribution in [-0.2, 0) is 0 Å². The van der Waals surface area contributed by atoms with Crippen molar-refractivity contribution in [3.63, 3.8) is 0 Å². The molecule has 2 unspecified atom stereocenters. The van der Waals surface area contributed by atoms with Crippen LogP contribution in [0.3, 0.4) is 0 Å². The summed E-state index contributed by atoms with van der Waals surface area (Å²) in [6, 6.07) is 5.26. The van der Waals surface area contributed by atoms with E-state index in [9.17, 15) is 9.90 Å². The first-order chi connectivity index (χ1) is 9.08. The van der Waals surface area contributed by atoms with E-state index in [-0.39, 0.29) is 18.6 Å². The number of halogens is 1. The highest BCUT2D eigenvalue weighted by atomic mass is 79.9. The number of methoxy groups -OCH3 is 1. The number of amides is 1. The van der Waals surface area contributed by atoms with Crippen LogP contribution >= 0.6 is 15.9 Å². The zero-order chi connectivity index (χ0) is 14.0. The smallest absolute Gasteiger partial charge is 0.257 e. The fourth-order valence-electron chi connectivity index (χ4n) is 2.54. The SMILES string of the molecule is COc1cc(Br)ccc1C(=O)N1CCC(C)C1CO. The minimum atomic E-state index is -0.0964. The average molecular weight is 328 g/mol. The number of carbonyl (C=O) groups is 1. The average Bonchev–Trinajstić information content (AvgIpc) is 2.78. The van der Waals surface area contributed by atoms with Crippen molar-refractivity contribution in [3.8, 4) is 5.75 Å². The minimum absolute atomic E-state index is 0.00570. The van der Waals surface area contributed by atoms with Gasteiger partial charge in [-0.2, -0.15) is 0 Å². The first-order valence-electron chi connectivity index (χ1n) is 6.33. The number of rotatable bonds is 3. The number of hydrogen-bond acceptors (Lipinski definition) is 3. The van der Waals surface area contributed by atoms with Gasteiger partial charge >= 0.3 is 0 Å². The van der Waals surface area contributed by atoms with E-state index in [1.807, 2.05) is 6.07 Å². The highest BCUT2D eigenvalue weighted by Gasteiger charge is 2.35. The van der Waals surface area contributed by atoms with E-state index in [1.54, 1.807) is 24.1 Å². The molecule has 0 spiro atoms. The van der Waals surface area contributed by atoms with Crippen LogP contribution in [0.1, 0.15) is 23.7 Å². The lowest BCUT2D eigenvalue weighted by atomic mass is 10.0. The zero-order valence-corrected chi connectivity index (χ0v) is 12.7. The molecule has 0 aliphatic carbocycles.